The van der Waals surface area contributed by atoms with Gasteiger partial charge in [0.15, 0.2) is 0 Å². The molecular formula is C16H34N4O2. The zero-order chi connectivity index (χ0) is 16.5. The number of nitrogens with one attached hydrogen (secondary N) is 2. The van der Waals surface area contributed by atoms with E-state index in [4.69, 9.17) is 11.5 Å². The van der Waals surface area contributed by atoms with Crippen molar-refractivity contribution in [3.63, 3.8) is 0 Å². The molecule has 0 saturated heterocycles. The number of urea groups is 2. The number of hydrogen-bond acceptors (Lipinski definition) is 2. The van der Waals surface area contributed by atoms with Gasteiger partial charge in [-0.15, -0.1) is 0 Å². The molecule has 0 radical (unpaired) electrons. The van der Waals surface area contributed by atoms with Gasteiger partial charge in [-0.1, -0.05) is 64.2 Å². The van der Waals surface area contributed by atoms with E-state index in [9.17, 15) is 9.59 Å². The van der Waals surface area contributed by atoms with E-state index >= 15 is 0 Å². The van der Waals surface area contributed by atoms with E-state index in [2.05, 4.69) is 10.6 Å². The van der Waals surface area contributed by atoms with Gasteiger partial charge in [0.05, 0.1) is 0 Å². The molecule has 22 heavy (non-hydrogen) atoms. The molecule has 6 nitrogen and oxygen atoms in total. The van der Waals surface area contributed by atoms with Gasteiger partial charge in [0.2, 0.25) is 0 Å². The van der Waals surface area contributed by atoms with Gasteiger partial charge in [0.1, 0.15) is 0 Å². The molecule has 0 unspecified atom stereocenters. The van der Waals surface area contributed by atoms with E-state index in [-0.39, 0.29) is 0 Å². The first-order valence-corrected chi connectivity index (χ1v) is 8.69. The maximum Gasteiger partial charge on any atom is 0.312 e. The SMILES string of the molecule is NC(=O)NCCCCCCCCCCCCCCNC(N)=O. The molecule has 6 N–H and O–H groups in total. The molecule has 0 rings (SSSR count). The van der Waals surface area contributed by atoms with Crippen LogP contribution in [0.2, 0.25) is 0 Å². The summed E-state index contributed by atoms with van der Waals surface area (Å²) in [5.41, 5.74) is 9.97. The Morgan fingerprint density at radius 1 is 0.500 bits per heavy atom. The minimum Gasteiger partial charge on any atom is -0.352 e. The maximum absolute atomic E-state index is 10.4. The molecule has 0 heterocycles. The first-order chi connectivity index (χ1) is 10.6. The summed E-state index contributed by atoms with van der Waals surface area (Å²) in [5, 5.41) is 5.21. The van der Waals surface area contributed by atoms with Crippen LogP contribution in [0, 0.1) is 0 Å². The second-order valence-electron chi connectivity index (χ2n) is 5.82. The Labute approximate surface area is 134 Å². The summed E-state index contributed by atoms with van der Waals surface area (Å²) in [6.07, 6.45) is 14.7. The van der Waals surface area contributed by atoms with Crippen LogP contribution in [0.25, 0.3) is 0 Å². The van der Waals surface area contributed by atoms with Crippen molar-refractivity contribution < 1.29 is 9.59 Å². The smallest absolute Gasteiger partial charge is 0.312 e. The lowest BCUT2D eigenvalue weighted by Crippen LogP contribution is -2.29. The van der Waals surface area contributed by atoms with E-state index in [0.717, 1.165) is 12.8 Å². The summed E-state index contributed by atoms with van der Waals surface area (Å²) in [5.74, 6) is 0. The predicted octanol–water partition coefficient (Wildman–Crippen LogP) is 3.00. The van der Waals surface area contributed by atoms with Crippen molar-refractivity contribution in [3.05, 3.63) is 0 Å². The van der Waals surface area contributed by atoms with Crippen LogP contribution in [-0.2, 0) is 0 Å². The first kappa shape index (κ1) is 20.5. The lowest BCUT2D eigenvalue weighted by Gasteiger charge is -2.04. The van der Waals surface area contributed by atoms with Gasteiger partial charge in [-0.25, -0.2) is 9.59 Å². The van der Waals surface area contributed by atoms with Gasteiger partial charge >= 0.3 is 12.1 Å². The number of carbonyl (C=O) groups excluding carboxylic acids is 2. The van der Waals surface area contributed by atoms with E-state index in [1.54, 1.807) is 0 Å². The lowest BCUT2D eigenvalue weighted by atomic mass is 10.1. The van der Waals surface area contributed by atoms with Crippen LogP contribution in [0.3, 0.4) is 0 Å². The minimum atomic E-state index is -0.427. The van der Waals surface area contributed by atoms with Crippen molar-refractivity contribution in [1.29, 1.82) is 0 Å². The standard InChI is InChI=1S/C16H34N4O2/c17-15(21)19-13-11-9-7-5-3-1-2-4-6-8-10-12-14-20-16(18)22/h1-14H2,(H3,17,19,21)(H3,18,20,22). The molecule has 0 aromatic carbocycles. The van der Waals surface area contributed by atoms with Gasteiger partial charge in [-0.2, -0.15) is 0 Å². The summed E-state index contributed by atoms with van der Waals surface area (Å²) >= 11 is 0. The highest BCUT2D eigenvalue weighted by Gasteiger charge is 1.95. The van der Waals surface area contributed by atoms with Crippen LogP contribution in [0.5, 0.6) is 0 Å². The summed E-state index contributed by atoms with van der Waals surface area (Å²) in [6.45, 7) is 1.40. The van der Waals surface area contributed by atoms with Crippen LogP contribution in [-0.4, -0.2) is 25.2 Å². The lowest BCUT2D eigenvalue weighted by molar-refractivity contribution is 0.248. The van der Waals surface area contributed by atoms with E-state index in [1.807, 2.05) is 0 Å². The van der Waals surface area contributed by atoms with Gasteiger partial charge in [-0.3, -0.25) is 0 Å². The highest BCUT2D eigenvalue weighted by atomic mass is 16.2. The first-order valence-electron chi connectivity index (χ1n) is 8.69. The quantitative estimate of drug-likeness (QED) is 0.348. The fourth-order valence-corrected chi connectivity index (χ4v) is 2.44. The maximum atomic E-state index is 10.4. The number of primary amides is 2. The van der Waals surface area contributed by atoms with Gasteiger partial charge in [0, 0.05) is 13.1 Å². The van der Waals surface area contributed by atoms with E-state index in [0.29, 0.717) is 13.1 Å². The largest absolute Gasteiger partial charge is 0.352 e. The minimum absolute atomic E-state index is 0.427. The number of unbranched alkanes of at least 4 members (excludes halogenated alkanes) is 11. The molecular weight excluding hydrogens is 280 g/mol. The molecule has 0 spiro atoms. The average Bonchev–Trinajstić information content (AvgIpc) is 2.46. The van der Waals surface area contributed by atoms with Crippen molar-refractivity contribution >= 4 is 12.1 Å². The number of amides is 4. The third-order valence-electron chi connectivity index (χ3n) is 3.70. The average molecular weight is 314 g/mol. The molecule has 0 bridgehead atoms. The molecule has 0 saturated carbocycles. The Morgan fingerprint density at radius 3 is 0.955 bits per heavy atom. The van der Waals surface area contributed by atoms with Crippen molar-refractivity contribution in [1.82, 2.24) is 10.6 Å². The summed E-state index contributed by atoms with van der Waals surface area (Å²) in [6, 6.07) is -0.853. The van der Waals surface area contributed by atoms with Gasteiger partial charge in [0.25, 0.3) is 0 Å². The fraction of sp³-hybridized carbons (Fsp3) is 0.875. The Morgan fingerprint density at radius 2 is 0.727 bits per heavy atom. The normalized spacial score (nSPS) is 10.4. The number of carbonyl (C=O) groups is 2. The number of rotatable bonds is 15. The molecule has 0 aliphatic rings. The van der Waals surface area contributed by atoms with Crippen LogP contribution in [0.1, 0.15) is 77.0 Å². The Balaban J connectivity index is 2.99. The third-order valence-corrected chi connectivity index (χ3v) is 3.70. The molecule has 6 heteroatoms. The molecule has 0 aromatic heterocycles. The summed E-state index contributed by atoms with van der Waals surface area (Å²) < 4.78 is 0. The van der Waals surface area contributed by atoms with Crippen LogP contribution in [0.4, 0.5) is 9.59 Å². The van der Waals surface area contributed by atoms with Crippen molar-refractivity contribution in [2.75, 3.05) is 13.1 Å². The van der Waals surface area contributed by atoms with Gasteiger partial charge < -0.3 is 22.1 Å². The van der Waals surface area contributed by atoms with Gasteiger partial charge in [-0.05, 0) is 12.8 Å². The zero-order valence-corrected chi connectivity index (χ0v) is 13.9. The van der Waals surface area contributed by atoms with Crippen LogP contribution >= 0.6 is 0 Å². The topological polar surface area (TPSA) is 110 Å². The second kappa shape index (κ2) is 15.9. The predicted molar refractivity (Wildman–Crippen MR) is 90.6 cm³/mol. The molecule has 0 atom stereocenters. The molecule has 0 aromatic rings. The molecule has 0 fully saturated rings. The van der Waals surface area contributed by atoms with Crippen LogP contribution in [0.15, 0.2) is 0 Å². The summed E-state index contributed by atoms with van der Waals surface area (Å²) in [4.78, 5) is 20.9. The summed E-state index contributed by atoms with van der Waals surface area (Å²) in [7, 11) is 0. The molecule has 4 amide bonds. The van der Waals surface area contributed by atoms with Crippen molar-refractivity contribution in [2.24, 2.45) is 11.5 Å². The Kier molecular flexibility index (Phi) is 14.9. The molecule has 0 aliphatic heterocycles. The molecule has 0 aliphatic carbocycles. The third kappa shape index (κ3) is 18.5. The van der Waals surface area contributed by atoms with E-state index in [1.165, 1.54) is 64.2 Å². The van der Waals surface area contributed by atoms with E-state index < -0.39 is 12.1 Å². The number of hydrogen-bond donors (Lipinski definition) is 4. The Hall–Kier alpha value is -1.46. The number of nitrogens with two attached hydrogens (primary N) is 2. The zero-order valence-electron chi connectivity index (χ0n) is 13.9. The fourth-order valence-electron chi connectivity index (χ4n) is 2.44. The van der Waals surface area contributed by atoms with Crippen molar-refractivity contribution in [3.8, 4) is 0 Å². The Bertz CT molecular complexity index is 257. The van der Waals surface area contributed by atoms with Crippen LogP contribution < -0.4 is 22.1 Å². The molecule has 130 valence electrons. The second-order valence-corrected chi connectivity index (χ2v) is 5.82. The highest BCUT2D eigenvalue weighted by Crippen LogP contribution is 2.11. The monoisotopic (exact) mass is 314 g/mol. The van der Waals surface area contributed by atoms with Crippen molar-refractivity contribution in [2.45, 2.75) is 77.0 Å². The highest BCUT2D eigenvalue weighted by molar-refractivity contribution is 5.71.